The molecule has 3 N–H and O–H groups in total. The van der Waals surface area contributed by atoms with Crippen LogP contribution in [0, 0.1) is 11.7 Å². The van der Waals surface area contributed by atoms with Gasteiger partial charge in [0.15, 0.2) is 11.6 Å². The summed E-state index contributed by atoms with van der Waals surface area (Å²) in [6.07, 6.45) is 0.800. The highest BCUT2D eigenvalue weighted by Gasteiger charge is 2.17. The maximum absolute atomic E-state index is 14.5. The fourth-order valence-electron chi connectivity index (χ4n) is 2.81. The standard InChI is InChI=1S/C21H24ClFN4O3S/c1-11(2)4-14-5-12(6-19(25-14)29-3)20-26-27-21(31-20)15-7-17(23)18(8-16(15)22)30-10-13(24)9-28/h5-8,11,13,28H,4,9-10,24H2,1-3H3/t13-/m1/s1. The molecule has 31 heavy (non-hydrogen) atoms. The lowest BCUT2D eigenvalue weighted by Crippen LogP contribution is -2.31. The molecule has 0 bridgehead atoms. The van der Waals surface area contributed by atoms with Crippen molar-refractivity contribution >= 4 is 22.9 Å². The monoisotopic (exact) mass is 466 g/mol. The predicted octanol–water partition coefficient (Wildman–Crippen LogP) is 3.97. The lowest BCUT2D eigenvalue weighted by molar-refractivity contribution is 0.202. The molecule has 0 spiro atoms. The van der Waals surface area contributed by atoms with Crippen molar-refractivity contribution in [2.45, 2.75) is 26.3 Å². The first-order valence-electron chi connectivity index (χ1n) is 9.68. The first-order chi connectivity index (χ1) is 14.8. The molecule has 0 fully saturated rings. The number of aliphatic hydroxyl groups is 1. The van der Waals surface area contributed by atoms with Crippen LogP contribution in [0.1, 0.15) is 19.5 Å². The van der Waals surface area contributed by atoms with Crippen molar-refractivity contribution in [3.8, 4) is 32.8 Å². The van der Waals surface area contributed by atoms with Gasteiger partial charge in [-0.1, -0.05) is 36.8 Å². The van der Waals surface area contributed by atoms with E-state index < -0.39 is 11.9 Å². The lowest BCUT2D eigenvalue weighted by Gasteiger charge is -2.12. The van der Waals surface area contributed by atoms with Crippen LogP contribution >= 0.6 is 22.9 Å². The maximum Gasteiger partial charge on any atom is 0.213 e. The van der Waals surface area contributed by atoms with Crippen LogP contribution in [0.15, 0.2) is 24.3 Å². The van der Waals surface area contributed by atoms with Gasteiger partial charge in [0.25, 0.3) is 0 Å². The number of methoxy groups -OCH3 is 1. The summed E-state index contributed by atoms with van der Waals surface area (Å²) in [4.78, 5) is 4.48. The smallest absolute Gasteiger partial charge is 0.213 e. The zero-order chi connectivity index (χ0) is 22.5. The quantitative estimate of drug-likeness (QED) is 0.491. The fourth-order valence-corrected chi connectivity index (χ4v) is 3.97. The van der Waals surface area contributed by atoms with Crippen molar-refractivity contribution in [1.82, 2.24) is 15.2 Å². The van der Waals surface area contributed by atoms with Crippen LogP contribution in [-0.4, -0.2) is 46.7 Å². The van der Waals surface area contributed by atoms with E-state index in [1.54, 1.807) is 13.2 Å². The van der Waals surface area contributed by atoms with Crippen molar-refractivity contribution in [3.05, 3.63) is 40.8 Å². The Bertz CT molecular complexity index is 1050. The van der Waals surface area contributed by atoms with Gasteiger partial charge in [0.1, 0.15) is 16.6 Å². The first-order valence-corrected chi connectivity index (χ1v) is 10.9. The molecule has 0 saturated heterocycles. The molecule has 1 aromatic carbocycles. The van der Waals surface area contributed by atoms with Gasteiger partial charge in [0.2, 0.25) is 5.88 Å². The molecule has 3 aromatic rings. The SMILES string of the molecule is COc1cc(-c2nnc(-c3cc(F)c(OC[C@H](N)CO)cc3Cl)s2)cc(CC(C)C)n1. The number of benzene rings is 1. The summed E-state index contributed by atoms with van der Waals surface area (Å²) < 4.78 is 25.1. The van der Waals surface area contributed by atoms with E-state index in [1.165, 1.54) is 23.5 Å². The van der Waals surface area contributed by atoms with Crippen LogP contribution in [0.4, 0.5) is 4.39 Å². The first kappa shape index (κ1) is 23.3. The minimum absolute atomic E-state index is 0.0331. The number of hydrogen-bond donors (Lipinski definition) is 2. The predicted molar refractivity (Wildman–Crippen MR) is 119 cm³/mol. The lowest BCUT2D eigenvalue weighted by atomic mass is 10.1. The average Bonchev–Trinajstić information content (AvgIpc) is 3.23. The van der Waals surface area contributed by atoms with E-state index in [-0.39, 0.29) is 24.0 Å². The van der Waals surface area contributed by atoms with E-state index in [4.69, 9.17) is 31.9 Å². The molecule has 3 rings (SSSR count). The van der Waals surface area contributed by atoms with Gasteiger partial charge in [0.05, 0.1) is 24.8 Å². The molecule has 1 atom stereocenters. The topological polar surface area (TPSA) is 103 Å². The summed E-state index contributed by atoms with van der Waals surface area (Å²) in [7, 11) is 1.57. The molecule has 7 nitrogen and oxygen atoms in total. The van der Waals surface area contributed by atoms with E-state index >= 15 is 0 Å². The summed E-state index contributed by atoms with van der Waals surface area (Å²) >= 11 is 7.64. The van der Waals surface area contributed by atoms with Crippen LogP contribution in [0.3, 0.4) is 0 Å². The number of halogens is 2. The van der Waals surface area contributed by atoms with Gasteiger partial charge < -0.3 is 20.3 Å². The van der Waals surface area contributed by atoms with Crippen LogP contribution in [0.25, 0.3) is 21.1 Å². The Morgan fingerprint density at radius 1 is 1.19 bits per heavy atom. The van der Waals surface area contributed by atoms with E-state index in [0.29, 0.717) is 27.4 Å². The minimum atomic E-state index is -0.610. The second kappa shape index (κ2) is 10.3. The third-order valence-corrected chi connectivity index (χ3v) is 5.61. The minimum Gasteiger partial charge on any atom is -0.489 e. The molecule has 10 heteroatoms. The molecule has 0 aliphatic rings. The number of pyridine rings is 1. The van der Waals surface area contributed by atoms with Gasteiger partial charge >= 0.3 is 0 Å². The molecule has 0 aliphatic heterocycles. The van der Waals surface area contributed by atoms with Gasteiger partial charge in [-0.3, -0.25) is 0 Å². The number of aliphatic hydroxyl groups excluding tert-OH is 1. The molecule has 0 amide bonds. The van der Waals surface area contributed by atoms with Crippen molar-refractivity contribution < 1.29 is 19.0 Å². The summed E-state index contributed by atoms with van der Waals surface area (Å²) in [5.41, 5.74) is 7.71. The van der Waals surface area contributed by atoms with Gasteiger partial charge in [-0.2, -0.15) is 0 Å². The van der Waals surface area contributed by atoms with Crippen molar-refractivity contribution in [3.63, 3.8) is 0 Å². The second-order valence-electron chi connectivity index (χ2n) is 7.42. The molecule has 166 valence electrons. The van der Waals surface area contributed by atoms with E-state index in [0.717, 1.165) is 17.7 Å². The zero-order valence-corrected chi connectivity index (χ0v) is 19.0. The average molecular weight is 467 g/mol. The van der Waals surface area contributed by atoms with Crippen LogP contribution in [0.5, 0.6) is 11.6 Å². The van der Waals surface area contributed by atoms with Gasteiger partial charge in [0, 0.05) is 29.0 Å². The van der Waals surface area contributed by atoms with Crippen molar-refractivity contribution in [2.24, 2.45) is 11.7 Å². The van der Waals surface area contributed by atoms with Gasteiger partial charge in [-0.05, 0) is 24.5 Å². The molecule has 2 aromatic heterocycles. The molecule has 2 heterocycles. The molecular formula is C21H24ClFN4O3S. The Balaban J connectivity index is 1.89. The number of nitrogens with two attached hydrogens (primary N) is 1. The Morgan fingerprint density at radius 2 is 1.94 bits per heavy atom. The molecule has 0 unspecified atom stereocenters. The van der Waals surface area contributed by atoms with Crippen molar-refractivity contribution in [1.29, 1.82) is 0 Å². The van der Waals surface area contributed by atoms with Crippen LogP contribution in [-0.2, 0) is 6.42 Å². The number of ether oxygens (including phenoxy) is 2. The fraction of sp³-hybridized carbons (Fsp3) is 0.381. The highest BCUT2D eigenvalue weighted by atomic mass is 35.5. The van der Waals surface area contributed by atoms with Gasteiger partial charge in [-0.15, -0.1) is 10.2 Å². The number of hydrogen-bond acceptors (Lipinski definition) is 8. The summed E-state index contributed by atoms with van der Waals surface area (Å²) in [6.45, 7) is 3.94. The number of rotatable bonds is 9. The number of nitrogens with zero attached hydrogens (tertiary/aromatic N) is 3. The normalized spacial score (nSPS) is 12.3. The largest absolute Gasteiger partial charge is 0.489 e. The Kier molecular flexibility index (Phi) is 7.77. The van der Waals surface area contributed by atoms with E-state index in [9.17, 15) is 4.39 Å². The Morgan fingerprint density at radius 3 is 2.61 bits per heavy atom. The van der Waals surface area contributed by atoms with E-state index in [2.05, 4.69) is 29.0 Å². The second-order valence-corrected chi connectivity index (χ2v) is 8.80. The molecule has 0 saturated carbocycles. The molecule has 0 radical (unpaired) electrons. The summed E-state index contributed by atoms with van der Waals surface area (Å²) in [6, 6.07) is 5.76. The molecule has 0 aliphatic carbocycles. The van der Waals surface area contributed by atoms with Crippen LogP contribution in [0.2, 0.25) is 5.02 Å². The Labute approximate surface area is 189 Å². The highest BCUT2D eigenvalue weighted by Crippen LogP contribution is 2.37. The summed E-state index contributed by atoms with van der Waals surface area (Å²) in [5.74, 6) is 0.286. The zero-order valence-electron chi connectivity index (χ0n) is 17.4. The Hall–Kier alpha value is -2.33. The van der Waals surface area contributed by atoms with Gasteiger partial charge in [-0.25, -0.2) is 9.37 Å². The van der Waals surface area contributed by atoms with Crippen LogP contribution < -0.4 is 15.2 Å². The highest BCUT2D eigenvalue weighted by molar-refractivity contribution is 7.18. The van der Waals surface area contributed by atoms with E-state index in [1.807, 2.05) is 6.07 Å². The maximum atomic E-state index is 14.5. The summed E-state index contributed by atoms with van der Waals surface area (Å²) in [5, 5.41) is 18.8. The third-order valence-electron chi connectivity index (χ3n) is 4.29. The third kappa shape index (κ3) is 5.88. The molecular weight excluding hydrogens is 443 g/mol. The van der Waals surface area contributed by atoms with Crippen molar-refractivity contribution in [2.75, 3.05) is 20.3 Å². The number of aromatic nitrogens is 3.